The van der Waals surface area contributed by atoms with Crippen LogP contribution in [0.25, 0.3) is 10.9 Å². The molecule has 3 rings (SSSR count). The summed E-state index contributed by atoms with van der Waals surface area (Å²) in [5.74, 6) is -0.119. The number of hydrogen-bond acceptors (Lipinski definition) is 2. The van der Waals surface area contributed by atoms with Crippen LogP contribution >= 0.6 is 0 Å². The molecule has 23 heavy (non-hydrogen) atoms. The number of nitrogens with zero attached hydrogens (tertiary/aromatic N) is 2. The molecule has 2 heterocycles. The first-order valence-corrected chi connectivity index (χ1v) is 7.63. The van der Waals surface area contributed by atoms with Gasteiger partial charge in [0, 0.05) is 24.6 Å². The largest absolute Gasteiger partial charge is 0.338 e. The summed E-state index contributed by atoms with van der Waals surface area (Å²) in [4.78, 5) is 24.4. The van der Waals surface area contributed by atoms with Gasteiger partial charge in [0.2, 0.25) is 5.91 Å². The van der Waals surface area contributed by atoms with Crippen LogP contribution in [0.3, 0.4) is 0 Å². The van der Waals surface area contributed by atoms with Gasteiger partial charge in [-0.1, -0.05) is 17.7 Å². The number of carbonyl (C=O) groups excluding carboxylic acids is 1. The molecule has 0 aliphatic heterocycles. The van der Waals surface area contributed by atoms with Crippen LogP contribution < -0.4 is 10.9 Å². The Bertz CT molecular complexity index is 904. The van der Waals surface area contributed by atoms with E-state index in [1.165, 1.54) is 0 Å². The Morgan fingerprint density at radius 1 is 1.04 bits per heavy atom. The molecule has 1 N–H and O–H groups in total. The second-order valence-corrected chi connectivity index (χ2v) is 5.56. The predicted octanol–water partition coefficient (Wildman–Crippen LogP) is 2.77. The van der Waals surface area contributed by atoms with Crippen molar-refractivity contribution in [1.29, 1.82) is 0 Å². The van der Waals surface area contributed by atoms with Crippen molar-refractivity contribution in [3.63, 3.8) is 0 Å². The minimum Gasteiger partial charge on any atom is -0.338 e. The molecule has 5 nitrogen and oxygen atoms in total. The number of benzene rings is 1. The Morgan fingerprint density at radius 3 is 2.43 bits per heavy atom. The van der Waals surface area contributed by atoms with Gasteiger partial charge >= 0.3 is 0 Å². The maximum absolute atomic E-state index is 12.2. The third-order valence-corrected chi connectivity index (χ3v) is 3.90. The van der Waals surface area contributed by atoms with E-state index in [0.717, 1.165) is 16.8 Å². The Morgan fingerprint density at radius 2 is 1.74 bits per heavy atom. The third kappa shape index (κ3) is 3.04. The van der Waals surface area contributed by atoms with Crippen LogP contribution in [-0.2, 0) is 17.9 Å². The van der Waals surface area contributed by atoms with E-state index in [1.807, 2.05) is 44.2 Å². The zero-order valence-electron chi connectivity index (χ0n) is 13.2. The third-order valence-electron chi connectivity index (χ3n) is 3.90. The molecule has 0 aliphatic rings. The van der Waals surface area contributed by atoms with Gasteiger partial charge in [-0.25, -0.2) is 0 Å². The molecule has 0 unspecified atom stereocenters. The zero-order valence-corrected chi connectivity index (χ0v) is 13.2. The average molecular weight is 309 g/mol. The fraction of sp³-hybridized carbons (Fsp3) is 0.222. The van der Waals surface area contributed by atoms with Crippen molar-refractivity contribution in [2.45, 2.75) is 26.9 Å². The van der Waals surface area contributed by atoms with Gasteiger partial charge in [-0.2, -0.15) is 0 Å². The zero-order chi connectivity index (χ0) is 16.4. The second-order valence-electron chi connectivity index (χ2n) is 5.56. The number of anilines is 1. The first kappa shape index (κ1) is 15.1. The molecular formula is C18H19N3O2. The fourth-order valence-corrected chi connectivity index (χ4v) is 2.61. The standard InChI is InChI=1S/C18H19N3O2/c1-3-20-11-9-16-15(18(20)23)8-10-21(16)12-17(22)19-14-6-4-13(2)5-7-14/h4-11H,3,12H2,1-2H3,(H,19,22). The van der Waals surface area contributed by atoms with Crippen LogP contribution in [0.5, 0.6) is 0 Å². The predicted molar refractivity (Wildman–Crippen MR) is 91.7 cm³/mol. The summed E-state index contributed by atoms with van der Waals surface area (Å²) in [6, 6.07) is 11.3. The van der Waals surface area contributed by atoms with Gasteiger partial charge in [0.1, 0.15) is 6.54 Å². The number of rotatable bonds is 4. The molecular weight excluding hydrogens is 290 g/mol. The minimum atomic E-state index is -0.119. The number of aryl methyl sites for hydroxylation is 2. The lowest BCUT2D eigenvalue weighted by molar-refractivity contribution is -0.116. The van der Waals surface area contributed by atoms with E-state index in [4.69, 9.17) is 0 Å². The Labute approximate surface area is 134 Å². The lowest BCUT2D eigenvalue weighted by Gasteiger charge is -2.08. The highest BCUT2D eigenvalue weighted by Crippen LogP contribution is 2.13. The normalized spacial score (nSPS) is 10.9. The van der Waals surface area contributed by atoms with E-state index in [1.54, 1.807) is 27.6 Å². The number of aromatic nitrogens is 2. The summed E-state index contributed by atoms with van der Waals surface area (Å²) >= 11 is 0. The van der Waals surface area contributed by atoms with Crippen molar-refractivity contribution in [3.8, 4) is 0 Å². The molecule has 0 radical (unpaired) electrons. The van der Waals surface area contributed by atoms with Crippen LogP contribution in [-0.4, -0.2) is 15.0 Å². The minimum absolute atomic E-state index is 0.0253. The molecule has 0 atom stereocenters. The number of amides is 1. The first-order chi connectivity index (χ1) is 11.1. The Hall–Kier alpha value is -2.82. The van der Waals surface area contributed by atoms with Crippen molar-refractivity contribution >= 4 is 22.5 Å². The lowest BCUT2D eigenvalue weighted by Crippen LogP contribution is -2.20. The fourth-order valence-electron chi connectivity index (χ4n) is 2.61. The molecule has 1 aromatic carbocycles. The lowest BCUT2D eigenvalue weighted by atomic mass is 10.2. The molecule has 2 aromatic heterocycles. The SMILES string of the molecule is CCn1ccc2c(ccn2CC(=O)Nc2ccc(C)cc2)c1=O. The maximum atomic E-state index is 12.2. The van der Waals surface area contributed by atoms with E-state index in [0.29, 0.717) is 11.9 Å². The summed E-state index contributed by atoms with van der Waals surface area (Å²) in [7, 11) is 0. The van der Waals surface area contributed by atoms with Gasteiger partial charge in [-0.15, -0.1) is 0 Å². The summed E-state index contributed by atoms with van der Waals surface area (Å²) in [5, 5.41) is 3.50. The van der Waals surface area contributed by atoms with Crippen LogP contribution in [0.2, 0.25) is 0 Å². The highest BCUT2D eigenvalue weighted by molar-refractivity contribution is 5.91. The van der Waals surface area contributed by atoms with Crippen molar-refractivity contribution in [3.05, 3.63) is 64.7 Å². The molecule has 5 heteroatoms. The van der Waals surface area contributed by atoms with Gasteiger partial charge < -0.3 is 14.5 Å². The highest BCUT2D eigenvalue weighted by atomic mass is 16.2. The molecule has 0 spiro atoms. The van der Waals surface area contributed by atoms with Crippen LogP contribution in [0.4, 0.5) is 5.69 Å². The number of carbonyl (C=O) groups is 1. The van der Waals surface area contributed by atoms with Gasteiger partial charge in [0.25, 0.3) is 5.56 Å². The van der Waals surface area contributed by atoms with Gasteiger partial charge in [-0.3, -0.25) is 9.59 Å². The van der Waals surface area contributed by atoms with E-state index in [9.17, 15) is 9.59 Å². The molecule has 0 saturated heterocycles. The summed E-state index contributed by atoms with van der Waals surface area (Å²) in [6.45, 7) is 4.74. The molecule has 0 fully saturated rings. The van der Waals surface area contributed by atoms with Crippen molar-refractivity contribution in [1.82, 2.24) is 9.13 Å². The number of pyridine rings is 1. The van der Waals surface area contributed by atoms with E-state index >= 15 is 0 Å². The monoisotopic (exact) mass is 309 g/mol. The summed E-state index contributed by atoms with van der Waals surface area (Å²) in [5.41, 5.74) is 2.67. The van der Waals surface area contributed by atoms with Crippen LogP contribution in [0.1, 0.15) is 12.5 Å². The molecule has 1 amide bonds. The quantitative estimate of drug-likeness (QED) is 0.805. The highest BCUT2D eigenvalue weighted by Gasteiger charge is 2.09. The van der Waals surface area contributed by atoms with Gasteiger partial charge in [0.05, 0.1) is 10.9 Å². The van der Waals surface area contributed by atoms with Gasteiger partial charge in [0.15, 0.2) is 0 Å². The average Bonchev–Trinajstić information content (AvgIpc) is 2.94. The second kappa shape index (κ2) is 6.12. The number of hydrogen-bond donors (Lipinski definition) is 1. The topological polar surface area (TPSA) is 56.0 Å². The summed E-state index contributed by atoms with van der Waals surface area (Å²) in [6.07, 6.45) is 3.54. The van der Waals surface area contributed by atoms with Crippen molar-refractivity contribution in [2.24, 2.45) is 0 Å². The Balaban J connectivity index is 1.81. The molecule has 0 aliphatic carbocycles. The maximum Gasteiger partial charge on any atom is 0.259 e. The molecule has 0 bridgehead atoms. The van der Waals surface area contributed by atoms with Gasteiger partial charge in [-0.05, 0) is 38.1 Å². The number of nitrogens with one attached hydrogen (secondary N) is 1. The van der Waals surface area contributed by atoms with Crippen LogP contribution in [0.15, 0.2) is 53.6 Å². The van der Waals surface area contributed by atoms with Crippen LogP contribution in [0, 0.1) is 6.92 Å². The van der Waals surface area contributed by atoms with Crippen molar-refractivity contribution < 1.29 is 4.79 Å². The van der Waals surface area contributed by atoms with E-state index < -0.39 is 0 Å². The summed E-state index contributed by atoms with van der Waals surface area (Å²) < 4.78 is 3.44. The van der Waals surface area contributed by atoms with E-state index in [2.05, 4.69) is 5.32 Å². The van der Waals surface area contributed by atoms with Crippen molar-refractivity contribution in [2.75, 3.05) is 5.32 Å². The smallest absolute Gasteiger partial charge is 0.259 e. The number of fused-ring (bicyclic) bond motifs is 1. The van der Waals surface area contributed by atoms with E-state index in [-0.39, 0.29) is 18.0 Å². The first-order valence-electron chi connectivity index (χ1n) is 7.63. The molecule has 0 saturated carbocycles. The molecule has 3 aromatic rings. The Kier molecular flexibility index (Phi) is 4.02. The molecule has 118 valence electrons.